The van der Waals surface area contributed by atoms with Gasteiger partial charge < -0.3 is 25.4 Å². The molecule has 1 saturated heterocycles. The molecule has 3 aromatic rings. The summed E-state index contributed by atoms with van der Waals surface area (Å²) in [5.41, 5.74) is 10.4. The number of fused-ring (bicyclic) bond motifs is 2. The molecular formula is C26H33N5O2. The highest BCUT2D eigenvalue weighted by Crippen LogP contribution is 2.35. The van der Waals surface area contributed by atoms with Crippen LogP contribution in [0.1, 0.15) is 42.5 Å². The lowest BCUT2D eigenvalue weighted by Gasteiger charge is -2.31. The van der Waals surface area contributed by atoms with E-state index in [4.69, 9.17) is 15.5 Å². The van der Waals surface area contributed by atoms with Crippen LogP contribution >= 0.6 is 0 Å². The maximum Gasteiger partial charge on any atom is 0.318 e. The number of phenols is 1. The number of hydrogen-bond donors (Lipinski definition) is 2. The molecule has 5 rings (SSSR count). The Hall–Kier alpha value is -3.06. The third-order valence-electron chi connectivity index (χ3n) is 6.79. The van der Waals surface area contributed by atoms with Gasteiger partial charge in [0, 0.05) is 35.8 Å². The first-order valence-electron chi connectivity index (χ1n) is 12.1. The molecule has 174 valence electrons. The number of likely N-dealkylation sites (tertiary alicyclic amines) is 1. The number of nitrogens with zero attached hydrogens (tertiary/aromatic N) is 4. The molecule has 0 aliphatic carbocycles. The van der Waals surface area contributed by atoms with Crippen molar-refractivity contribution in [1.29, 1.82) is 0 Å². The van der Waals surface area contributed by atoms with E-state index in [1.807, 2.05) is 12.1 Å². The molecule has 0 amide bonds. The summed E-state index contributed by atoms with van der Waals surface area (Å²) in [7, 11) is 0. The van der Waals surface area contributed by atoms with Gasteiger partial charge in [-0.25, -0.2) is 0 Å². The van der Waals surface area contributed by atoms with Gasteiger partial charge in [-0.15, -0.1) is 0 Å². The zero-order chi connectivity index (χ0) is 22.8. The van der Waals surface area contributed by atoms with Crippen molar-refractivity contribution in [3.63, 3.8) is 0 Å². The van der Waals surface area contributed by atoms with Crippen LogP contribution < -0.4 is 15.4 Å². The lowest BCUT2D eigenvalue weighted by Crippen LogP contribution is -2.32. The number of phenolic OH excluding ortho intramolecular Hbond substituents is 1. The summed E-state index contributed by atoms with van der Waals surface area (Å²) < 4.78 is 5.90. The number of aromatic hydroxyl groups is 1. The molecule has 0 atom stereocenters. The van der Waals surface area contributed by atoms with Gasteiger partial charge in [0.05, 0.1) is 18.8 Å². The molecule has 7 heteroatoms. The number of hydrogen-bond acceptors (Lipinski definition) is 7. The van der Waals surface area contributed by atoms with Crippen molar-refractivity contribution in [3.8, 4) is 11.8 Å². The van der Waals surface area contributed by atoms with E-state index in [9.17, 15) is 5.11 Å². The molecule has 0 bridgehead atoms. The van der Waals surface area contributed by atoms with Gasteiger partial charge in [0.15, 0.2) is 0 Å². The first-order chi connectivity index (χ1) is 16.1. The van der Waals surface area contributed by atoms with E-state index >= 15 is 0 Å². The summed E-state index contributed by atoms with van der Waals surface area (Å²) >= 11 is 0. The number of aromatic nitrogens is 2. The Morgan fingerprint density at radius 1 is 1.06 bits per heavy atom. The number of nitrogens with two attached hydrogens (primary N) is 1. The Kier molecular flexibility index (Phi) is 6.22. The third-order valence-corrected chi connectivity index (χ3v) is 6.79. The van der Waals surface area contributed by atoms with Crippen molar-refractivity contribution < 1.29 is 9.84 Å². The normalized spacial score (nSPS) is 16.7. The first kappa shape index (κ1) is 21.8. The quantitative estimate of drug-likeness (QED) is 0.551. The van der Waals surface area contributed by atoms with Crippen molar-refractivity contribution in [2.24, 2.45) is 0 Å². The van der Waals surface area contributed by atoms with Crippen molar-refractivity contribution in [2.75, 3.05) is 43.4 Å². The van der Waals surface area contributed by atoms with E-state index in [-0.39, 0.29) is 5.75 Å². The molecular weight excluding hydrogens is 414 g/mol. The lowest BCUT2D eigenvalue weighted by atomic mass is 10.0. The number of piperidine rings is 1. The van der Waals surface area contributed by atoms with E-state index < -0.39 is 0 Å². The summed E-state index contributed by atoms with van der Waals surface area (Å²) in [6.45, 7) is 7.51. The van der Waals surface area contributed by atoms with Crippen LogP contribution in [0.15, 0.2) is 30.3 Å². The topological polar surface area (TPSA) is 87.7 Å². The smallest absolute Gasteiger partial charge is 0.318 e. The summed E-state index contributed by atoms with van der Waals surface area (Å²) in [5, 5.41) is 12.5. The van der Waals surface area contributed by atoms with Crippen LogP contribution in [0.4, 0.5) is 11.5 Å². The van der Waals surface area contributed by atoms with Crippen molar-refractivity contribution >= 4 is 22.3 Å². The Morgan fingerprint density at radius 3 is 2.76 bits per heavy atom. The van der Waals surface area contributed by atoms with Gasteiger partial charge in [0.2, 0.25) is 0 Å². The molecule has 0 unspecified atom stereocenters. The second kappa shape index (κ2) is 9.43. The van der Waals surface area contributed by atoms with E-state index in [0.717, 1.165) is 53.6 Å². The highest BCUT2D eigenvalue weighted by molar-refractivity contribution is 5.96. The number of rotatable bonds is 6. The Labute approximate surface area is 195 Å². The Morgan fingerprint density at radius 2 is 1.91 bits per heavy atom. The molecule has 2 aliphatic rings. The van der Waals surface area contributed by atoms with Gasteiger partial charge >= 0.3 is 6.01 Å². The maximum atomic E-state index is 10.3. The molecule has 33 heavy (non-hydrogen) atoms. The molecule has 2 aromatic carbocycles. The number of benzene rings is 2. The summed E-state index contributed by atoms with van der Waals surface area (Å²) in [5.74, 6) is 0.788. The third kappa shape index (κ3) is 4.83. The molecule has 0 spiro atoms. The summed E-state index contributed by atoms with van der Waals surface area (Å²) in [4.78, 5) is 13.9. The molecule has 0 radical (unpaired) electrons. The van der Waals surface area contributed by atoms with Crippen molar-refractivity contribution in [1.82, 2.24) is 14.9 Å². The summed E-state index contributed by atoms with van der Waals surface area (Å²) in [6, 6.07) is 10.4. The fraction of sp³-hybridized carbons (Fsp3) is 0.462. The molecule has 7 nitrogen and oxygen atoms in total. The predicted octanol–water partition coefficient (Wildman–Crippen LogP) is 4.04. The van der Waals surface area contributed by atoms with E-state index in [2.05, 4.69) is 39.9 Å². The number of ether oxygens (including phenoxy) is 1. The number of anilines is 2. The zero-order valence-electron chi connectivity index (χ0n) is 19.4. The standard InChI is InChI=1S/C26H33N5O2/c1-18-6-7-21-19(14-18)15-20(32)16-24(21)31-12-8-22-23(17-31)28-26(29-25(22)27)33-13-5-11-30-9-3-2-4-10-30/h6-7,14-16,32H,2-5,8-13,17H2,1H3,(H2,27,28,29). The highest BCUT2D eigenvalue weighted by Gasteiger charge is 2.24. The highest BCUT2D eigenvalue weighted by atomic mass is 16.5. The van der Waals surface area contributed by atoms with Crippen LogP contribution in [0.3, 0.4) is 0 Å². The van der Waals surface area contributed by atoms with Crippen LogP contribution in [0.25, 0.3) is 10.8 Å². The molecule has 3 heterocycles. The van der Waals surface area contributed by atoms with Gasteiger partial charge in [0.25, 0.3) is 0 Å². The summed E-state index contributed by atoms with van der Waals surface area (Å²) in [6.07, 6.45) is 5.68. The zero-order valence-corrected chi connectivity index (χ0v) is 19.4. The molecule has 2 aliphatic heterocycles. The predicted molar refractivity (Wildman–Crippen MR) is 132 cm³/mol. The van der Waals surface area contributed by atoms with Crippen LogP contribution in [0, 0.1) is 6.92 Å². The second-order valence-electron chi connectivity index (χ2n) is 9.28. The number of nitrogen functional groups attached to an aromatic ring is 1. The maximum absolute atomic E-state index is 10.3. The minimum Gasteiger partial charge on any atom is -0.508 e. The van der Waals surface area contributed by atoms with E-state index in [0.29, 0.717) is 25.0 Å². The van der Waals surface area contributed by atoms with Crippen LogP contribution in [0.2, 0.25) is 0 Å². The Balaban J connectivity index is 1.30. The van der Waals surface area contributed by atoms with Crippen LogP contribution in [0.5, 0.6) is 11.8 Å². The van der Waals surface area contributed by atoms with E-state index in [1.54, 1.807) is 0 Å². The van der Waals surface area contributed by atoms with Crippen molar-refractivity contribution in [2.45, 2.75) is 45.6 Å². The van der Waals surface area contributed by atoms with Gasteiger partial charge in [-0.3, -0.25) is 0 Å². The molecule has 1 aromatic heterocycles. The largest absolute Gasteiger partial charge is 0.508 e. The lowest BCUT2D eigenvalue weighted by molar-refractivity contribution is 0.200. The van der Waals surface area contributed by atoms with Crippen LogP contribution in [-0.4, -0.2) is 52.8 Å². The number of aryl methyl sites for hydroxylation is 1. The fourth-order valence-electron chi connectivity index (χ4n) is 5.06. The minimum atomic E-state index is 0.272. The first-order valence-corrected chi connectivity index (χ1v) is 12.1. The Bertz CT molecular complexity index is 1140. The fourth-order valence-corrected chi connectivity index (χ4v) is 5.06. The van der Waals surface area contributed by atoms with Gasteiger partial charge in [-0.05, 0) is 57.1 Å². The van der Waals surface area contributed by atoms with Crippen LogP contribution in [-0.2, 0) is 13.0 Å². The molecule has 3 N–H and O–H groups in total. The van der Waals surface area contributed by atoms with E-state index in [1.165, 1.54) is 37.9 Å². The second-order valence-corrected chi connectivity index (χ2v) is 9.28. The van der Waals surface area contributed by atoms with Gasteiger partial charge in [-0.2, -0.15) is 9.97 Å². The van der Waals surface area contributed by atoms with Crippen molar-refractivity contribution in [3.05, 3.63) is 47.2 Å². The average molecular weight is 448 g/mol. The molecule has 1 fully saturated rings. The molecule has 0 saturated carbocycles. The minimum absolute atomic E-state index is 0.272. The van der Waals surface area contributed by atoms with Gasteiger partial charge in [-0.1, -0.05) is 30.2 Å². The van der Waals surface area contributed by atoms with Gasteiger partial charge in [0.1, 0.15) is 11.6 Å². The monoisotopic (exact) mass is 447 g/mol. The average Bonchev–Trinajstić information content (AvgIpc) is 2.81. The SMILES string of the molecule is Cc1ccc2c(N3CCc4c(N)nc(OCCCN5CCCCC5)nc4C3)cc(O)cc2c1.